The maximum atomic E-state index is 5.77. The van der Waals surface area contributed by atoms with Crippen LogP contribution in [0, 0.1) is 11.8 Å². The van der Waals surface area contributed by atoms with Gasteiger partial charge in [0.15, 0.2) is 5.79 Å². The molecule has 0 saturated carbocycles. The molecule has 0 amide bonds. The summed E-state index contributed by atoms with van der Waals surface area (Å²) in [6.45, 7) is 3.26. The lowest BCUT2D eigenvalue weighted by Gasteiger charge is -2.53. The second-order valence-corrected chi connectivity index (χ2v) is 4.27. The summed E-state index contributed by atoms with van der Waals surface area (Å²) >= 11 is 0. The van der Waals surface area contributed by atoms with E-state index in [2.05, 4.69) is 0 Å². The van der Waals surface area contributed by atoms with Crippen molar-refractivity contribution in [2.45, 2.75) is 24.8 Å². The summed E-state index contributed by atoms with van der Waals surface area (Å²) in [7, 11) is 9.07. The van der Waals surface area contributed by atoms with E-state index in [4.69, 9.17) is 26.8 Å². The smallest absolute Gasteiger partial charge is 0.180 e. The summed E-state index contributed by atoms with van der Waals surface area (Å²) in [5.41, 5.74) is 0. The van der Waals surface area contributed by atoms with Crippen molar-refractivity contribution in [2.24, 2.45) is 11.8 Å². The fourth-order valence-corrected chi connectivity index (χ4v) is 2.60. The average molecular weight is 212 g/mol. The van der Waals surface area contributed by atoms with Gasteiger partial charge in [-0.25, -0.2) is 0 Å². The predicted molar refractivity (Wildman–Crippen MR) is 54.6 cm³/mol. The van der Waals surface area contributed by atoms with E-state index in [1.165, 1.54) is 0 Å². The molecular weight excluding hydrogens is 195 g/mol. The maximum Gasteiger partial charge on any atom is 0.180 e. The second-order valence-electron chi connectivity index (χ2n) is 4.27. The molecule has 2 rings (SSSR count). The highest BCUT2D eigenvalue weighted by Crippen LogP contribution is 2.49. The molecule has 4 nitrogen and oxygen atoms in total. The first kappa shape index (κ1) is 11.4. The molecule has 2 saturated heterocycles. The topological polar surface area (TPSA) is 36.9 Å². The van der Waals surface area contributed by atoms with Gasteiger partial charge in [-0.15, -0.1) is 0 Å². The summed E-state index contributed by atoms with van der Waals surface area (Å²) in [6, 6.07) is -0.312. The minimum Gasteiger partial charge on any atom is -0.385 e. The molecule has 2 radical (unpaired) electrons. The summed E-state index contributed by atoms with van der Waals surface area (Å²) in [6.07, 6.45) is -0.0238. The molecule has 0 aromatic carbocycles. The lowest BCUT2D eigenvalue weighted by Crippen LogP contribution is -2.66. The third-order valence-electron chi connectivity index (χ3n) is 3.45. The van der Waals surface area contributed by atoms with Crippen molar-refractivity contribution in [3.05, 3.63) is 0 Å². The highest BCUT2D eigenvalue weighted by atomic mass is 16.7. The number of hydrogen-bond donors (Lipinski definition) is 0. The molecule has 2 heterocycles. The summed E-state index contributed by atoms with van der Waals surface area (Å²) in [4.78, 5) is 0. The van der Waals surface area contributed by atoms with Gasteiger partial charge in [-0.3, -0.25) is 0 Å². The largest absolute Gasteiger partial charge is 0.385 e. The molecule has 84 valence electrons. The second kappa shape index (κ2) is 4.05. The Morgan fingerprint density at radius 2 is 2.27 bits per heavy atom. The van der Waals surface area contributed by atoms with E-state index < -0.39 is 5.79 Å². The Balaban J connectivity index is 2.06. The van der Waals surface area contributed by atoms with Gasteiger partial charge < -0.3 is 18.9 Å². The van der Waals surface area contributed by atoms with Crippen LogP contribution in [0.3, 0.4) is 0 Å². The molecule has 5 heteroatoms. The van der Waals surface area contributed by atoms with E-state index in [0.29, 0.717) is 13.2 Å². The molecule has 2 fully saturated rings. The monoisotopic (exact) mass is 212 g/mol. The van der Waals surface area contributed by atoms with Gasteiger partial charge in [-0.05, 0) is 0 Å². The van der Waals surface area contributed by atoms with Crippen molar-refractivity contribution in [1.82, 2.24) is 0 Å². The fraction of sp³-hybridized carbons (Fsp3) is 1.00. The van der Waals surface area contributed by atoms with Gasteiger partial charge >= 0.3 is 0 Å². The van der Waals surface area contributed by atoms with E-state index in [-0.39, 0.29) is 23.9 Å². The van der Waals surface area contributed by atoms with Gasteiger partial charge in [0.05, 0.1) is 25.2 Å². The van der Waals surface area contributed by atoms with Crippen LogP contribution in [0.2, 0.25) is 0 Å². The van der Waals surface area contributed by atoms with E-state index in [1.807, 2.05) is 6.92 Å². The molecular formula is C10H17BO4. The molecule has 0 aliphatic carbocycles. The van der Waals surface area contributed by atoms with Crippen LogP contribution in [0.25, 0.3) is 0 Å². The molecule has 0 aromatic heterocycles. The van der Waals surface area contributed by atoms with Crippen molar-refractivity contribution >= 4 is 7.85 Å². The van der Waals surface area contributed by atoms with Gasteiger partial charge in [-0.1, -0.05) is 6.92 Å². The zero-order chi connectivity index (χ0) is 11.1. The van der Waals surface area contributed by atoms with Crippen LogP contribution in [-0.4, -0.2) is 53.2 Å². The minimum absolute atomic E-state index is 0.0238. The molecule has 2 aliphatic rings. The summed E-state index contributed by atoms with van der Waals surface area (Å²) < 4.78 is 21.8. The minimum atomic E-state index is -0.575. The van der Waals surface area contributed by atoms with Gasteiger partial charge in [0, 0.05) is 26.1 Å². The summed E-state index contributed by atoms with van der Waals surface area (Å²) in [5.74, 6) is -0.181. The Bertz CT molecular complexity index is 237. The standard InChI is InChI=1S/C10H17BO4/c1-6(4-12-2)10(13-3)7-5-14-9(11)8(7)15-10/h6-9H,4-5H2,1-3H3/t6?,7?,8-,9+,10+/m0/s1. The van der Waals surface area contributed by atoms with Crippen LogP contribution >= 0.6 is 0 Å². The number of hydrogen-bond acceptors (Lipinski definition) is 4. The van der Waals surface area contributed by atoms with E-state index >= 15 is 0 Å². The van der Waals surface area contributed by atoms with Crippen LogP contribution in [0.15, 0.2) is 0 Å². The van der Waals surface area contributed by atoms with Crippen LogP contribution < -0.4 is 0 Å². The third-order valence-corrected chi connectivity index (χ3v) is 3.45. The van der Waals surface area contributed by atoms with Crippen molar-refractivity contribution in [3.63, 3.8) is 0 Å². The Morgan fingerprint density at radius 1 is 1.53 bits per heavy atom. The first-order valence-corrected chi connectivity index (χ1v) is 5.24. The Morgan fingerprint density at radius 3 is 2.80 bits per heavy atom. The van der Waals surface area contributed by atoms with Gasteiger partial charge in [-0.2, -0.15) is 0 Å². The molecule has 0 N–H and O–H groups in total. The van der Waals surface area contributed by atoms with Gasteiger partial charge in [0.25, 0.3) is 0 Å². The lowest BCUT2D eigenvalue weighted by atomic mass is 9.75. The van der Waals surface area contributed by atoms with Crippen LogP contribution in [0.5, 0.6) is 0 Å². The number of ether oxygens (including phenoxy) is 4. The van der Waals surface area contributed by atoms with Crippen molar-refractivity contribution in [2.75, 3.05) is 27.4 Å². The Hall–Kier alpha value is -0.0951. The van der Waals surface area contributed by atoms with E-state index in [1.54, 1.807) is 14.2 Å². The lowest BCUT2D eigenvalue weighted by molar-refractivity contribution is -0.387. The predicted octanol–water partition coefficient (Wildman–Crippen LogP) is 0.151. The maximum absolute atomic E-state index is 5.77. The van der Waals surface area contributed by atoms with Crippen LogP contribution in [0.1, 0.15) is 6.92 Å². The average Bonchev–Trinajstić information content (AvgIpc) is 2.45. The normalized spacial score (nSPS) is 45.9. The number of rotatable bonds is 4. The summed E-state index contributed by atoms with van der Waals surface area (Å²) in [5, 5.41) is 0. The molecule has 15 heavy (non-hydrogen) atoms. The first-order chi connectivity index (χ1) is 7.15. The zero-order valence-corrected chi connectivity index (χ0v) is 9.43. The SMILES string of the molecule is [B][C@@H]1OCC2[C@@H]1O[C@]2(OC)C(C)COC. The molecule has 5 atom stereocenters. The third kappa shape index (κ3) is 1.53. The molecule has 2 unspecified atom stereocenters. The van der Waals surface area contributed by atoms with E-state index in [9.17, 15) is 0 Å². The molecule has 2 aliphatic heterocycles. The van der Waals surface area contributed by atoms with Crippen molar-refractivity contribution in [1.29, 1.82) is 0 Å². The fourth-order valence-electron chi connectivity index (χ4n) is 2.60. The molecule has 0 aromatic rings. The zero-order valence-electron chi connectivity index (χ0n) is 9.43. The highest BCUT2D eigenvalue weighted by molar-refractivity contribution is 6.11. The molecule has 0 spiro atoms. The molecule has 0 bridgehead atoms. The van der Waals surface area contributed by atoms with Gasteiger partial charge in [0.2, 0.25) is 0 Å². The van der Waals surface area contributed by atoms with Crippen LogP contribution in [-0.2, 0) is 18.9 Å². The van der Waals surface area contributed by atoms with Crippen LogP contribution in [0.4, 0.5) is 0 Å². The highest BCUT2D eigenvalue weighted by Gasteiger charge is 2.63. The van der Waals surface area contributed by atoms with Crippen molar-refractivity contribution in [3.8, 4) is 0 Å². The van der Waals surface area contributed by atoms with Gasteiger partial charge in [0.1, 0.15) is 7.85 Å². The van der Waals surface area contributed by atoms with Crippen molar-refractivity contribution < 1.29 is 18.9 Å². The number of methoxy groups -OCH3 is 2. The number of fused-ring (bicyclic) bond motifs is 1. The quantitative estimate of drug-likeness (QED) is 0.621. The Labute approximate surface area is 91.6 Å². The first-order valence-electron chi connectivity index (χ1n) is 5.24. The Kier molecular flexibility index (Phi) is 3.08. The van der Waals surface area contributed by atoms with E-state index in [0.717, 1.165) is 0 Å².